The summed E-state index contributed by atoms with van der Waals surface area (Å²) in [5.74, 6) is 0.858. The second-order valence-corrected chi connectivity index (χ2v) is 5.48. The van der Waals surface area contributed by atoms with Crippen molar-refractivity contribution < 1.29 is 4.74 Å². The summed E-state index contributed by atoms with van der Waals surface area (Å²) >= 11 is 3.51. The van der Waals surface area contributed by atoms with Crippen LogP contribution in [0.1, 0.15) is 33.1 Å². The molecule has 1 aliphatic rings. The Balaban J connectivity index is 2.28. The van der Waals surface area contributed by atoms with E-state index < -0.39 is 0 Å². The predicted molar refractivity (Wildman–Crippen MR) is 68.7 cm³/mol. The van der Waals surface area contributed by atoms with Crippen molar-refractivity contribution in [1.29, 1.82) is 0 Å². The Bertz CT molecular complexity index is 158. The fraction of sp³-hybridized carbons (Fsp3) is 1.00. The van der Waals surface area contributed by atoms with Crippen LogP contribution in [0.25, 0.3) is 0 Å². The topological polar surface area (TPSA) is 12.5 Å². The number of ether oxygens (including phenoxy) is 1. The van der Waals surface area contributed by atoms with E-state index in [9.17, 15) is 0 Å². The highest BCUT2D eigenvalue weighted by Crippen LogP contribution is 2.17. The van der Waals surface area contributed by atoms with Gasteiger partial charge in [0.05, 0.1) is 0 Å². The number of hydrogen-bond acceptors (Lipinski definition) is 2. The zero-order valence-corrected chi connectivity index (χ0v) is 11.6. The van der Waals surface area contributed by atoms with E-state index in [-0.39, 0.29) is 0 Å². The molecule has 1 saturated heterocycles. The zero-order valence-electron chi connectivity index (χ0n) is 10.0. The van der Waals surface area contributed by atoms with Gasteiger partial charge in [0.1, 0.15) is 0 Å². The average Bonchev–Trinajstić information content (AvgIpc) is 2.25. The third kappa shape index (κ3) is 5.32. The molecule has 0 aromatic rings. The lowest BCUT2D eigenvalue weighted by Crippen LogP contribution is -2.38. The van der Waals surface area contributed by atoms with Gasteiger partial charge in [-0.1, -0.05) is 15.9 Å². The van der Waals surface area contributed by atoms with Crippen molar-refractivity contribution in [3.05, 3.63) is 0 Å². The van der Waals surface area contributed by atoms with Crippen LogP contribution in [0.3, 0.4) is 0 Å². The normalized spacial score (nSPS) is 19.0. The third-order valence-corrected chi connectivity index (χ3v) is 3.70. The summed E-state index contributed by atoms with van der Waals surface area (Å²) in [5, 5.41) is 1.12. The summed E-state index contributed by atoms with van der Waals surface area (Å²) in [6.45, 7) is 9.01. The first kappa shape index (κ1) is 13.5. The van der Waals surface area contributed by atoms with Gasteiger partial charge in [0.15, 0.2) is 0 Å². The van der Waals surface area contributed by atoms with Gasteiger partial charge in [-0.3, -0.25) is 0 Å². The fourth-order valence-corrected chi connectivity index (χ4v) is 2.33. The highest BCUT2D eigenvalue weighted by molar-refractivity contribution is 9.09. The zero-order chi connectivity index (χ0) is 11.1. The van der Waals surface area contributed by atoms with Crippen molar-refractivity contribution in [3.8, 4) is 0 Å². The minimum Gasteiger partial charge on any atom is -0.381 e. The average molecular weight is 278 g/mol. The maximum Gasteiger partial charge on any atom is 0.0469 e. The third-order valence-electron chi connectivity index (χ3n) is 3.14. The van der Waals surface area contributed by atoms with Crippen molar-refractivity contribution in [3.63, 3.8) is 0 Å². The van der Waals surface area contributed by atoms with Crippen molar-refractivity contribution in [2.24, 2.45) is 5.92 Å². The first-order chi connectivity index (χ1) is 7.24. The van der Waals surface area contributed by atoms with E-state index in [2.05, 4.69) is 34.7 Å². The lowest BCUT2D eigenvalue weighted by molar-refractivity contribution is 0.0479. The molecule has 0 N–H and O–H groups in total. The molecule has 2 nitrogen and oxygen atoms in total. The largest absolute Gasteiger partial charge is 0.381 e. The van der Waals surface area contributed by atoms with Crippen LogP contribution in [-0.4, -0.2) is 42.6 Å². The predicted octanol–water partition coefficient (Wildman–Crippen LogP) is 2.91. The molecule has 0 spiro atoms. The van der Waals surface area contributed by atoms with Gasteiger partial charge in [-0.15, -0.1) is 0 Å². The second-order valence-electron chi connectivity index (χ2n) is 4.69. The Labute approximate surface area is 102 Å². The highest BCUT2D eigenvalue weighted by Gasteiger charge is 2.18. The summed E-state index contributed by atoms with van der Waals surface area (Å²) in [5.41, 5.74) is 0. The van der Waals surface area contributed by atoms with Gasteiger partial charge in [-0.05, 0) is 45.6 Å². The molecule has 1 fully saturated rings. The quantitative estimate of drug-likeness (QED) is 0.693. The number of rotatable bonds is 6. The monoisotopic (exact) mass is 277 g/mol. The van der Waals surface area contributed by atoms with Gasteiger partial charge in [0, 0.05) is 31.1 Å². The van der Waals surface area contributed by atoms with Crippen LogP contribution in [0.2, 0.25) is 0 Å². The molecule has 0 amide bonds. The van der Waals surface area contributed by atoms with Crippen molar-refractivity contribution in [2.75, 3.05) is 31.6 Å². The Morgan fingerprint density at radius 3 is 2.53 bits per heavy atom. The van der Waals surface area contributed by atoms with E-state index in [1.54, 1.807) is 0 Å². The molecule has 1 aliphatic heterocycles. The van der Waals surface area contributed by atoms with Gasteiger partial charge >= 0.3 is 0 Å². The van der Waals surface area contributed by atoms with Gasteiger partial charge in [0.25, 0.3) is 0 Å². The summed E-state index contributed by atoms with van der Waals surface area (Å²) in [4.78, 5) is 2.61. The van der Waals surface area contributed by atoms with Crippen LogP contribution in [0.5, 0.6) is 0 Å². The lowest BCUT2D eigenvalue weighted by atomic mass is 9.99. The Hall–Kier alpha value is 0.400. The Kier molecular flexibility index (Phi) is 6.86. The molecule has 3 heteroatoms. The van der Waals surface area contributed by atoms with Gasteiger partial charge in [0.2, 0.25) is 0 Å². The first-order valence-corrected chi connectivity index (χ1v) is 7.24. The summed E-state index contributed by atoms with van der Waals surface area (Å²) < 4.78 is 5.40. The van der Waals surface area contributed by atoms with Crippen LogP contribution < -0.4 is 0 Å². The van der Waals surface area contributed by atoms with Gasteiger partial charge in [-0.25, -0.2) is 0 Å². The van der Waals surface area contributed by atoms with E-state index in [1.807, 2.05) is 0 Å². The summed E-state index contributed by atoms with van der Waals surface area (Å²) in [6.07, 6.45) is 3.75. The molecule has 90 valence electrons. The molecule has 1 rings (SSSR count). The molecule has 15 heavy (non-hydrogen) atoms. The minimum absolute atomic E-state index is 0.673. The van der Waals surface area contributed by atoms with Crippen molar-refractivity contribution >= 4 is 15.9 Å². The van der Waals surface area contributed by atoms with E-state index in [4.69, 9.17) is 4.74 Å². The molecule has 0 bridgehead atoms. The molecular formula is C12H24BrNO. The molecule has 0 aromatic heterocycles. The number of hydrogen-bond donors (Lipinski definition) is 0. The molecule has 0 unspecified atom stereocenters. The fourth-order valence-electron chi connectivity index (χ4n) is 2.08. The number of halogens is 1. The lowest BCUT2D eigenvalue weighted by Gasteiger charge is -2.32. The Morgan fingerprint density at radius 2 is 2.00 bits per heavy atom. The van der Waals surface area contributed by atoms with Crippen molar-refractivity contribution in [1.82, 2.24) is 4.90 Å². The summed E-state index contributed by atoms with van der Waals surface area (Å²) in [7, 11) is 0. The molecule has 0 saturated carbocycles. The molecule has 0 aromatic carbocycles. The number of alkyl halides is 1. The molecular weight excluding hydrogens is 254 g/mol. The highest BCUT2D eigenvalue weighted by atomic mass is 79.9. The first-order valence-electron chi connectivity index (χ1n) is 6.11. The minimum atomic E-state index is 0.673. The maximum absolute atomic E-state index is 5.40. The van der Waals surface area contributed by atoms with Crippen LogP contribution in [0, 0.1) is 5.92 Å². The SMILES string of the molecule is CC(C)N(CCCBr)CC1CCOCC1. The molecule has 1 heterocycles. The van der Waals surface area contributed by atoms with E-state index in [1.165, 1.54) is 32.4 Å². The second kappa shape index (κ2) is 7.64. The van der Waals surface area contributed by atoms with Crippen LogP contribution in [-0.2, 0) is 4.74 Å². The van der Waals surface area contributed by atoms with Gasteiger partial charge in [-0.2, -0.15) is 0 Å². The standard InChI is InChI=1S/C12H24BrNO/c1-11(2)14(7-3-6-13)10-12-4-8-15-9-5-12/h11-12H,3-10H2,1-2H3. The maximum atomic E-state index is 5.40. The van der Waals surface area contributed by atoms with Gasteiger partial charge < -0.3 is 9.64 Å². The van der Waals surface area contributed by atoms with E-state index in [0.29, 0.717) is 6.04 Å². The van der Waals surface area contributed by atoms with Crippen LogP contribution in [0.4, 0.5) is 0 Å². The van der Waals surface area contributed by atoms with Crippen LogP contribution >= 0.6 is 15.9 Å². The molecule has 0 aliphatic carbocycles. The van der Waals surface area contributed by atoms with Crippen LogP contribution in [0.15, 0.2) is 0 Å². The van der Waals surface area contributed by atoms with Crippen molar-refractivity contribution in [2.45, 2.75) is 39.2 Å². The summed E-state index contributed by atoms with van der Waals surface area (Å²) in [6, 6.07) is 0.673. The molecule has 0 radical (unpaired) electrons. The van der Waals surface area contributed by atoms with E-state index in [0.717, 1.165) is 24.5 Å². The number of nitrogens with zero attached hydrogens (tertiary/aromatic N) is 1. The van der Waals surface area contributed by atoms with E-state index >= 15 is 0 Å². The smallest absolute Gasteiger partial charge is 0.0469 e. The Morgan fingerprint density at radius 1 is 1.33 bits per heavy atom. The molecule has 0 atom stereocenters.